The van der Waals surface area contributed by atoms with E-state index in [0.29, 0.717) is 34.1 Å². The van der Waals surface area contributed by atoms with Crippen LogP contribution in [0, 0.1) is 0 Å². The van der Waals surface area contributed by atoms with Gasteiger partial charge in [0.1, 0.15) is 5.75 Å². The largest absolute Gasteiger partial charge is 0.492 e. The molecule has 0 amide bonds. The lowest BCUT2D eigenvalue weighted by Crippen LogP contribution is -2.20. The molecule has 1 aromatic heterocycles. The van der Waals surface area contributed by atoms with Crippen molar-refractivity contribution in [1.29, 1.82) is 0 Å². The Morgan fingerprint density at radius 2 is 1.81 bits per heavy atom. The Kier molecular flexibility index (Phi) is 6.55. The van der Waals surface area contributed by atoms with Crippen LogP contribution in [0.15, 0.2) is 54.7 Å². The molecule has 0 saturated heterocycles. The zero-order chi connectivity index (χ0) is 19.2. The summed E-state index contributed by atoms with van der Waals surface area (Å²) in [6.07, 6.45) is 1.83. The molecule has 3 rings (SSSR count). The number of aromatic nitrogens is 2. The molecular weight excluding hydrogens is 403 g/mol. The van der Waals surface area contributed by atoms with Gasteiger partial charge in [0.2, 0.25) is 0 Å². The number of ether oxygens (including phenoxy) is 1. The highest BCUT2D eigenvalue weighted by Crippen LogP contribution is 2.26. The molecule has 3 aromatic rings. The Balaban J connectivity index is 1.65. The van der Waals surface area contributed by atoms with E-state index in [4.69, 9.17) is 40.2 Å². The van der Waals surface area contributed by atoms with Crippen molar-refractivity contribution in [2.24, 2.45) is 0 Å². The van der Waals surface area contributed by atoms with Gasteiger partial charge in [-0.3, -0.25) is 4.68 Å². The molecule has 5 nitrogen and oxygen atoms in total. The number of nitrogens with zero attached hydrogens (tertiary/aromatic N) is 2. The van der Waals surface area contributed by atoms with Gasteiger partial charge in [-0.05, 0) is 43.4 Å². The average molecular weight is 421 g/mol. The number of hydrogen-bond donors (Lipinski definition) is 2. The Bertz CT molecular complexity index is 925. The van der Waals surface area contributed by atoms with Gasteiger partial charge in [0.05, 0.1) is 18.8 Å². The Labute approximate surface area is 173 Å². The molecule has 140 valence electrons. The molecule has 2 N–H and O–H groups in total. The summed E-state index contributed by atoms with van der Waals surface area (Å²) in [4.78, 5) is 0. The monoisotopic (exact) mass is 420 g/mol. The molecule has 0 spiro atoms. The molecule has 0 unspecified atom stereocenters. The van der Waals surface area contributed by atoms with E-state index in [0.717, 1.165) is 17.0 Å². The fourth-order valence-electron chi connectivity index (χ4n) is 2.48. The molecule has 2 aromatic carbocycles. The van der Waals surface area contributed by atoms with Crippen molar-refractivity contribution < 1.29 is 4.74 Å². The van der Waals surface area contributed by atoms with Gasteiger partial charge < -0.3 is 15.4 Å². The van der Waals surface area contributed by atoms with Crippen LogP contribution in [0.5, 0.6) is 5.75 Å². The number of halogens is 2. The van der Waals surface area contributed by atoms with Crippen molar-refractivity contribution >= 4 is 52.0 Å². The van der Waals surface area contributed by atoms with E-state index in [9.17, 15) is 0 Å². The summed E-state index contributed by atoms with van der Waals surface area (Å²) in [7, 11) is 0. The first kappa shape index (κ1) is 19.5. The van der Waals surface area contributed by atoms with Crippen LogP contribution in [0.2, 0.25) is 10.0 Å². The fourth-order valence-corrected chi connectivity index (χ4v) is 3.21. The van der Waals surface area contributed by atoms with Crippen molar-refractivity contribution in [3.8, 4) is 5.75 Å². The van der Waals surface area contributed by atoms with Crippen LogP contribution in [-0.4, -0.2) is 21.5 Å². The molecule has 1 heterocycles. The highest BCUT2D eigenvalue weighted by atomic mass is 35.5. The summed E-state index contributed by atoms with van der Waals surface area (Å²) < 4.78 is 7.33. The lowest BCUT2D eigenvalue weighted by atomic mass is 10.2. The van der Waals surface area contributed by atoms with Gasteiger partial charge in [0, 0.05) is 27.9 Å². The van der Waals surface area contributed by atoms with E-state index >= 15 is 0 Å². The third-order valence-corrected chi connectivity index (χ3v) is 4.61. The molecular formula is C19H18Cl2N4OS. The number of anilines is 2. The van der Waals surface area contributed by atoms with Gasteiger partial charge in [-0.15, -0.1) is 0 Å². The SMILES string of the molecule is CCOc1ccccc1NC(=S)Nc1ccn(Cc2c(Cl)cccc2Cl)n1. The standard InChI is InChI=1S/C19H18Cl2N4OS/c1-2-26-17-9-4-3-8-16(17)22-19(27)23-18-10-11-25(24-18)12-13-14(20)6-5-7-15(13)21/h3-11H,2,12H2,1H3,(H2,22,23,24,27). The van der Waals surface area contributed by atoms with Crippen molar-refractivity contribution in [1.82, 2.24) is 9.78 Å². The van der Waals surface area contributed by atoms with Crippen LogP contribution in [-0.2, 0) is 6.54 Å². The van der Waals surface area contributed by atoms with E-state index in [1.807, 2.05) is 49.5 Å². The molecule has 0 aliphatic rings. The van der Waals surface area contributed by atoms with E-state index in [2.05, 4.69) is 15.7 Å². The zero-order valence-electron chi connectivity index (χ0n) is 14.6. The number of hydrogen-bond acceptors (Lipinski definition) is 3. The van der Waals surface area contributed by atoms with E-state index in [-0.39, 0.29) is 0 Å². The fraction of sp³-hybridized carbons (Fsp3) is 0.158. The minimum absolute atomic E-state index is 0.420. The minimum Gasteiger partial charge on any atom is -0.492 e. The number of nitrogens with one attached hydrogen (secondary N) is 2. The van der Waals surface area contributed by atoms with Crippen LogP contribution in [0.1, 0.15) is 12.5 Å². The minimum atomic E-state index is 0.420. The molecule has 0 radical (unpaired) electrons. The molecule has 0 atom stereocenters. The lowest BCUT2D eigenvalue weighted by molar-refractivity contribution is 0.342. The predicted molar refractivity (Wildman–Crippen MR) is 115 cm³/mol. The summed E-state index contributed by atoms with van der Waals surface area (Å²) >= 11 is 17.8. The Hall–Kier alpha value is -2.28. The summed E-state index contributed by atoms with van der Waals surface area (Å²) in [5.74, 6) is 1.35. The van der Waals surface area contributed by atoms with Crippen LogP contribution in [0.4, 0.5) is 11.5 Å². The maximum atomic E-state index is 6.22. The zero-order valence-corrected chi connectivity index (χ0v) is 16.9. The third-order valence-electron chi connectivity index (χ3n) is 3.70. The van der Waals surface area contributed by atoms with Gasteiger partial charge in [-0.1, -0.05) is 41.4 Å². The highest BCUT2D eigenvalue weighted by Gasteiger charge is 2.09. The second-order valence-corrected chi connectivity index (χ2v) is 6.83. The van der Waals surface area contributed by atoms with Gasteiger partial charge in [0.15, 0.2) is 10.9 Å². The number of benzene rings is 2. The first-order valence-electron chi connectivity index (χ1n) is 8.33. The van der Waals surface area contributed by atoms with Crippen LogP contribution in [0.25, 0.3) is 0 Å². The molecule has 0 aliphatic carbocycles. The number of para-hydroxylation sites is 2. The van der Waals surface area contributed by atoms with Gasteiger partial charge >= 0.3 is 0 Å². The summed E-state index contributed by atoms with van der Waals surface area (Å²) in [6.45, 7) is 2.98. The van der Waals surface area contributed by atoms with Crippen molar-refractivity contribution in [3.05, 3.63) is 70.3 Å². The predicted octanol–water partition coefficient (Wildman–Crippen LogP) is 5.45. The van der Waals surface area contributed by atoms with Gasteiger partial charge in [-0.2, -0.15) is 5.10 Å². The first-order chi connectivity index (χ1) is 13.1. The molecule has 8 heteroatoms. The molecule has 0 aliphatic heterocycles. The quantitative estimate of drug-likeness (QED) is 0.519. The van der Waals surface area contributed by atoms with E-state index in [1.54, 1.807) is 16.8 Å². The number of thiocarbonyl (C=S) groups is 1. The second-order valence-electron chi connectivity index (χ2n) is 5.61. The molecule has 27 heavy (non-hydrogen) atoms. The van der Waals surface area contributed by atoms with Crippen LogP contribution >= 0.6 is 35.4 Å². The van der Waals surface area contributed by atoms with Crippen molar-refractivity contribution in [2.45, 2.75) is 13.5 Å². The smallest absolute Gasteiger partial charge is 0.176 e. The maximum absolute atomic E-state index is 6.22. The van der Waals surface area contributed by atoms with E-state index in [1.165, 1.54) is 0 Å². The maximum Gasteiger partial charge on any atom is 0.176 e. The topological polar surface area (TPSA) is 51.1 Å². The Morgan fingerprint density at radius 3 is 2.56 bits per heavy atom. The van der Waals surface area contributed by atoms with Crippen molar-refractivity contribution in [2.75, 3.05) is 17.2 Å². The van der Waals surface area contributed by atoms with Gasteiger partial charge in [0.25, 0.3) is 0 Å². The number of rotatable bonds is 6. The first-order valence-corrected chi connectivity index (χ1v) is 9.49. The van der Waals surface area contributed by atoms with Gasteiger partial charge in [-0.25, -0.2) is 0 Å². The summed E-state index contributed by atoms with van der Waals surface area (Å²) in [6, 6.07) is 14.9. The Morgan fingerprint density at radius 1 is 1.07 bits per heavy atom. The molecule has 0 saturated carbocycles. The summed E-state index contributed by atoms with van der Waals surface area (Å²) in [5, 5.41) is 12.3. The second kappa shape index (κ2) is 9.08. The molecule has 0 fully saturated rings. The summed E-state index contributed by atoms with van der Waals surface area (Å²) in [5.41, 5.74) is 1.61. The third kappa shape index (κ3) is 5.13. The van der Waals surface area contributed by atoms with Crippen LogP contribution < -0.4 is 15.4 Å². The molecule has 0 bridgehead atoms. The normalized spacial score (nSPS) is 10.5. The average Bonchev–Trinajstić information content (AvgIpc) is 3.07. The lowest BCUT2D eigenvalue weighted by Gasteiger charge is -2.13. The highest BCUT2D eigenvalue weighted by molar-refractivity contribution is 7.80. The van der Waals surface area contributed by atoms with Crippen LogP contribution in [0.3, 0.4) is 0 Å². The van der Waals surface area contributed by atoms with E-state index < -0.39 is 0 Å². The van der Waals surface area contributed by atoms with Crippen molar-refractivity contribution in [3.63, 3.8) is 0 Å².